The van der Waals surface area contributed by atoms with Crippen molar-refractivity contribution in [1.82, 2.24) is 0 Å². The molecule has 0 aromatic heterocycles. The van der Waals surface area contributed by atoms with Gasteiger partial charge in [0.2, 0.25) is 0 Å². The summed E-state index contributed by atoms with van der Waals surface area (Å²) in [6, 6.07) is 3.78. The maximum absolute atomic E-state index is 12.8. The molecule has 1 spiro atoms. The number of aliphatic hydroxyl groups is 1. The fourth-order valence-electron chi connectivity index (χ4n) is 3.85. The molecule has 0 saturated carbocycles. The van der Waals surface area contributed by atoms with Gasteiger partial charge in [-0.1, -0.05) is 23.3 Å². The number of rotatable bonds is 6. The number of phenolic OH excluding ortho intramolecular Hbond substituents is 1. The fraction of sp³-hybridized carbons (Fsp3) is 0.500. The number of hydrogen-bond acceptors (Lipinski definition) is 7. The fourth-order valence-corrected chi connectivity index (χ4v) is 3.85. The van der Waals surface area contributed by atoms with Gasteiger partial charge in [0.15, 0.2) is 0 Å². The van der Waals surface area contributed by atoms with Crippen LogP contribution in [0.25, 0.3) is 0 Å². The number of aromatic hydroxyl groups is 1. The molecular weight excluding hydrogens is 400 g/mol. The van der Waals surface area contributed by atoms with Crippen molar-refractivity contribution in [2.75, 3.05) is 0 Å². The molecule has 7 nitrogen and oxygen atoms in total. The van der Waals surface area contributed by atoms with Crippen LogP contribution in [0.15, 0.2) is 41.5 Å². The Hall–Kier alpha value is -2.64. The number of allylic oxidation sites excluding steroid dienone is 4. The molecule has 0 aliphatic carbocycles. The second kappa shape index (κ2) is 8.85. The monoisotopic (exact) mass is 430 g/mol. The Kier molecular flexibility index (Phi) is 6.57. The highest BCUT2D eigenvalue weighted by atomic mass is 16.8. The van der Waals surface area contributed by atoms with Crippen molar-refractivity contribution >= 4 is 11.9 Å². The van der Waals surface area contributed by atoms with E-state index in [1.807, 2.05) is 0 Å². The first-order chi connectivity index (χ1) is 14.5. The molecule has 0 bridgehead atoms. The quantitative estimate of drug-likeness (QED) is 0.397. The number of aliphatic hydroxyl groups excluding tert-OH is 1. The van der Waals surface area contributed by atoms with Crippen LogP contribution in [0.1, 0.15) is 70.2 Å². The zero-order valence-corrected chi connectivity index (χ0v) is 18.4. The summed E-state index contributed by atoms with van der Waals surface area (Å²) < 4.78 is 16.6. The smallest absolute Gasteiger partial charge is 0.385 e. The predicted octanol–water partition coefficient (Wildman–Crippen LogP) is 4.18. The highest BCUT2D eigenvalue weighted by Gasteiger charge is 2.62. The Bertz CT molecular complexity index is 928. The van der Waals surface area contributed by atoms with E-state index in [1.54, 1.807) is 6.92 Å². The summed E-state index contributed by atoms with van der Waals surface area (Å²) in [4.78, 5) is 25.4. The molecule has 0 radical (unpaired) electrons. The standard InChI is InChI=1S/C24H30O7/c1-15(2)7-5-8-16(3)9-6-12-23(4)20(26)14-24(31-23)22(28)29-19-13-17(25)10-11-18(19)21(27)30-24/h7,9-11,13,20,25-26H,5-6,8,12,14H2,1-4H3. The third-order valence-corrected chi connectivity index (χ3v) is 5.75. The highest BCUT2D eigenvalue weighted by molar-refractivity contribution is 5.98. The topological polar surface area (TPSA) is 102 Å². The largest absolute Gasteiger partial charge is 0.508 e. The van der Waals surface area contributed by atoms with Crippen LogP contribution in [0.5, 0.6) is 11.5 Å². The van der Waals surface area contributed by atoms with Crippen molar-refractivity contribution in [1.29, 1.82) is 0 Å². The van der Waals surface area contributed by atoms with Crippen LogP contribution in [-0.2, 0) is 14.3 Å². The number of fused-ring (bicyclic) bond motifs is 1. The van der Waals surface area contributed by atoms with E-state index < -0.39 is 29.4 Å². The van der Waals surface area contributed by atoms with E-state index in [0.717, 1.165) is 12.8 Å². The third-order valence-electron chi connectivity index (χ3n) is 5.75. The molecule has 31 heavy (non-hydrogen) atoms. The lowest BCUT2D eigenvalue weighted by atomic mass is 9.92. The van der Waals surface area contributed by atoms with Gasteiger partial charge in [-0.15, -0.1) is 0 Å². The number of benzene rings is 1. The zero-order valence-electron chi connectivity index (χ0n) is 18.4. The molecule has 1 saturated heterocycles. The van der Waals surface area contributed by atoms with Gasteiger partial charge in [-0.25, -0.2) is 9.59 Å². The molecule has 168 valence electrons. The Morgan fingerprint density at radius 2 is 1.94 bits per heavy atom. The molecule has 7 heteroatoms. The molecule has 2 aliphatic heterocycles. The van der Waals surface area contributed by atoms with Crippen LogP contribution in [0.3, 0.4) is 0 Å². The number of carbonyl (C=O) groups excluding carboxylic acids is 2. The van der Waals surface area contributed by atoms with Crippen LogP contribution in [0.2, 0.25) is 0 Å². The minimum atomic E-state index is -2.03. The lowest BCUT2D eigenvalue weighted by Crippen LogP contribution is -2.46. The van der Waals surface area contributed by atoms with E-state index in [2.05, 4.69) is 32.9 Å². The number of carbonyl (C=O) groups is 2. The summed E-state index contributed by atoms with van der Waals surface area (Å²) in [7, 11) is 0. The van der Waals surface area contributed by atoms with Crippen LogP contribution in [0.4, 0.5) is 0 Å². The zero-order chi connectivity index (χ0) is 22.8. The van der Waals surface area contributed by atoms with Gasteiger partial charge in [-0.2, -0.15) is 0 Å². The maximum atomic E-state index is 12.8. The lowest BCUT2D eigenvalue weighted by molar-refractivity contribution is -0.230. The van der Waals surface area contributed by atoms with Gasteiger partial charge < -0.3 is 24.4 Å². The molecule has 3 atom stereocenters. The Balaban J connectivity index is 1.71. The first-order valence-corrected chi connectivity index (χ1v) is 10.5. The lowest BCUT2D eigenvalue weighted by Gasteiger charge is -2.30. The van der Waals surface area contributed by atoms with Crippen molar-refractivity contribution < 1.29 is 34.0 Å². The van der Waals surface area contributed by atoms with E-state index in [-0.39, 0.29) is 23.5 Å². The SMILES string of the molecule is CC(C)=CCCC(C)=CCCC1(C)OC2(CC1O)OC(=O)c1ccc(O)cc1OC2=O. The normalized spacial score (nSPS) is 28.0. The molecule has 1 aromatic rings. The predicted molar refractivity (Wildman–Crippen MR) is 114 cm³/mol. The second-order valence-corrected chi connectivity index (χ2v) is 8.76. The van der Waals surface area contributed by atoms with Gasteiger partial charge in [-0.05, 0) is 65.5 Å². The second-order valence-electron chi connectivity index (χ2n) is 8.76. The molecular formula is C24H30O7. The molecule has 2 heterocycles. The van der Waals surface area contributed by atoms with Crippen molar-refractivity contribution in [2.45, 2.75) is 77.3 Å². The molecule has 1 aromatic carbocycles. The van der Waals surface area contributed by atoms with Crippen LogP contribution >= 0.6 is 0 Å². The average Bonchev–Trinajstić information content (AvgIpc) is 2.87. The van der Waals surface area contributed by atoms with Gasteiger partial charge in [-0.3, -0.25) is 0 Å². The summed E-state index contributed by atoms with van der Waals surface area (Å²) in [6.07, 6.45) is 6.04. The van der Waals surface area contributed by atoms with E-state index >= 15 is 0 Å². The van der Waals surface area contributed by atoms with Gasteiger partial charge >= 0.3 is 17.7 Å². The first kappa shape index (κ1) is 23.0. The molecule has 2 N–H and O–H groups in total. The van der Waals surface area contributed by atoms with Gasteiger partial charge in [0, 0.05) is 6.07 Å². The Labute approximate surface area is 182 Å². The maximum Gasteiger partial charge on any atom is 0.385 e. The minimum absolute atomic E-state index is 0.00430. The number of ether oxygens (including phenoxy) is 3. The van der Waals surface area contributed by atoms with Crippen molar-refractivity contribution in [2.24, 2.45) is 0 Å². The average molecular weight is 430 g/mol. The minimum Gasteiger partial charge on any atom is -0.508 e. The Morgan fingerprint density at radius 3 is 2.65 bits per heavy atom. The number of esters is 2. The molecule has 1 fully saturated rings. The van der Waals surface area contributed by atoms with E-state index in [9.17, 15) is 19.8 Å². The molecule has 3 rings (SSSR count). The van der Waals surface area contributed by atoms with Crippen molar-refractivity contribution in [3.8, 4) is 11.5 Å². The van der Waals surface area contributed by atoms with Crippen LogP contribution in [-0.4, -0.2) is 39.6 Å². The van der Waals surface area contributed by atoms with Gasteiger partial charge in [0.25, 0.3) is 0 Å². The van der Waals surface area contributed by atoms with Gasteiger partial charge in [0.05, 0.1) is 18.1 Å². The molecule has 3 unspecified atom stereocenters. The summed E-state index contributed by atoms with van der Waals surface area (Å²) in [6.45, 7) is 7.90. The number of hydrogen-bond donors (Lipinski definition) is 2. The van der Waals surface area contributed by atoms with Gasteiger partial charge in [0.1, 0.15) is 17.1 Å². The van der Waals surface area contributed by atoms with E-state index in [1.165, 1.54) is 29.3 Å². The first-order valence-electron chi connectivity index (χ1n) is 10.5. The molecule has 0 amide bonds. The van der Waals surface area contributed by atoms with Crippen molar-refractivity contribution in [3.63, 3.8) is 0 Å². The summed E-state index contributed by atoms with van der Waals surface area (Å²) in [5, 5.41) is 20.3. The van der Waals surface area contributed by atoms with E-state index in [4.69, 9.17) is 14.2 Å². The Morgan fingerprint density at radius 1 is 1.19 bits per heavy atom. The van der Waals surface area contributed by atoms with Crippen LogP contribution < -0.4 is 4.74 Å². The molecule has 2 aliphatic rings. The summed E-state index contributed by atoms with van der Waals surface area (Å²) >= 11 is 0. The van der Waals surface area contributed by atoms with Crippen molar-refractivity contribution in [3.05, 3.63) is 47.1 Å². The van der Waals surface area contributed by atoms with E-state index in [0.29, 0.717) is 12.8 Å². The highest BCUT2D eigenvalue weighted by Crippen LogP contribution is 2.45. The number of phenols is 1. The van der Waals surface area contributed by atoms with Crippen LogP contribution in [0, 0.1) is 0 Å². The third kappa shape index (κ3) is 4.99. The summed E-state index contributed by atoms with van der Waals surface area (Å²) in [5.41, 5.74) is 1.44. The summed E-state index contributed by atoms with van der Waals surface area (Å²) in [5.74, 6) is -4.02.